The summed E-state index contributed by atoms with van der Waals surface area (Å²) in [5.41, 5.74) is 6.25. The quantitative estimate of drug-likeness (QED) is 0.778. The predicted molar refractivity (Wildman–Crippen MR) is 62.4 cm³/mol. The largest absolute Gasteiger partial charge is 0.328 e. The second kappa shape index (κ2) is 4.25. The molecule has 5 nitrogen and oxygen atoms in total. The second-order valence-electron chi connectivity index (χ2n) is 4.43. The molecule has 0 saturated carbocycles. The molecule has 5 heteroatoms. The lowest BCUT2D eigenvalue weighted by Crippen LogP contribution is -2.47. The number of fused-ring (bicyclic) bond motifs is 1. The van der Waals surface area contributed by atoms with Gasteiger partial charge in [0.05, 0.1) is 11.6 Å². The number of amides is 2. The lowest BCUT2D eigenvalue weighted by atomic mass is 10.0. The van der Waals surface area contributed by atoms with Crippen LogP contribution in [0.4, 0.5) is 0 Å². The highest BCUT2D eigenvalue weighted by Crippen LogP contribution is 2.24. The zero-order chi connectivity index (χ0) is 12.6. The summed E-state index contributed by atoms with van der Waals surface area (Å²) < 4.78 is 0. The third-order valence-electron chi connectivity index (χ3n) is 3.02. The molecule has 0 saturated heterocycles. The maximum atomic E-state index is 12.1. The van der Waals surface area contributed by atoms with E-state index in [2.05, 4.69) is 4.98 Å². The van der Waals surface area contributed by atoms with Gasteiger partial charge in [0.2, 0.25) is 0 Å². The molecule has 2 amide bonds. The summed E-state index contributed by atoms with van der Waals surface area (Å²) in [6, 6.07) is 3.00. The lowest BCUT2D eigenvalue weighted by Gasteiger charge is -2.27. The van der Waals surface area contributed by atoms with Crippen LogP contribution < -0.4 is 5.73 Å². The van der Waals surface area contributed by atoms with Gasteiger partial charge in [0.25, 0.3) is 11.8 Å². The summed E-state index contributed by atoms with van der Waals surface area (Å²) in [6.07, 6.45) is 1.51. The highest BCUT2D eigenvalue weighted by molar-refractivity contribution is 6.20. The summed E-state index contributed by atoms with van der Waals surface area (Å²) >= 11 is 0. The number of aromatic nitrogens is 1. The number of hydrogen-bond donors (Lipinski definition) is 1. The Morgan fingerprint density at radius 2 is 2.06 bits per heavy atom. The number of nitrogens with two attached hydrogens (primary N) is 1. The molecule has 2 heterocycles. The van der Waals surface area contributed by atoms with Crippen LogP contribution in [0.5, 0.6) is 0 Å². The first-order chi connectivity index (χ1) is 8.07. The average Bonchev–Trinajstić information content (AvgIpc) is 2.56. The molecule has 2 rings (SSSR count). The normalized spacial score (nSPS) is 16.6. The predicted octanol–water partition coefficient (Wildman–Crippen LogP) is 0.661. The van der Waals surface area contributed by atoms with E-state index in [1.165, 1.54) is 11.1 Å². The molecule has 0 aromatic carbocycles. The summed E-state index contributed by atoms with van der Waals surface area (Å²) in [6.45, 7) is 4.14. The van der Waals surface area contributed by atoms with Gasteiger partial charge in [-0.1, -0.05) is 13.8 Å². The Kier molecular flexibility index (Phi) is 2.93. The molecule has 0 aliphatic carbocycles. The fraction of sp³-hybridized carbons (Fsp3) is 0.417. The van der Waals surface area contributed by atoms with E-state index in [-0.39, 0.29) is 36.0 Å². The second-order valence-corrected chi connectivity index (χ2v) is 4.43. The van der Waals surface area contributed by atoms with Crippen molar-refractivity contribution in [2.45, 2.75) is 19.9 Å². The molecule has 90 valence electrons. The van der Waals surface area contributed by atoms with Gasteiger partial charge in [-0.2, -0.15) is 0 Å². The average molecular weight is 233 g/mol. The number of rotatable bonds is 3. The molecule has 0 spiro atoms. The maximum Gasteiger partial charge on any atom is 0.280 e. The van der Waals surface area contributed by atoms with Gasteiger partial charge < -0.3 is 5.73 Å². The minimum atomic E-state index is -0.338. The topological polar surface area (TPSA) is 76.3 Å². The first kappa shape index (κ1) is 11.7. The SMILES string of the molecule is CC(C)C(CN)N1C(=O)c2cccnc2C1=O. The zero-order valence-corrected chi connectivity index (χ0v) is 9.88. The molecule has 1 atom stereocenters. The first-order valence-corrected chi connectivity index (χ1v) is 5.61. The fourth-order valence-corrected chi connectivity index (χ4v) is 2.06. The molecule has 1 aliphatic heterocycles. The molecule has 1 aliphatic rings. The summed E-state index contributed by atoms with van der Waals surface area (Å²) in [5, 5.41) is 0. The lowest BCUT2D eigenvalue weighted by molar-refractivity contribution is 0.0546. The van der Waals surface area contributed by atoms with Crippen LogP contribution in [0.25, 0.3) is 0 Å². The Bertz CT molecular complexity index is 436. The number of carbonyl (C=O) groups is 2. The van der Waals surface area contributed by atoms with Gasteiger partial charge >= 0.3 is 0 Å². The van der Waals surface area contributed by atoms with E-state index in [9.17, 15) is 9.59 Å². The number of pyridine rings is 1. The smallest absolute Gasteiger partial charge is 0.280 e. The van der Waals surface area contributed by atoms with Gasteiger partial charge in [-0.3, -0.25) is 19.5 Å². The summed E-state index contributed by atoms with van der Waals surface area (Å²) in [5.74, 6) is -0.501. The Morgan fingerprint density at radius 1 is 1.35 bits per heavy atom. The van der Waals surface area contributed by atoms with E-state index in [0.29, 0.717) is 5.56 Å². The van der Waals surface area contributed by atoms with E-state index in [1.54, 1.807) is 12.1 Å². The minimum Gasteiger partial charge on any atom is -0.328 e. The Labute approximate surface area is 99.6 Å². The van der Waals surface area contributed by atoms with Crippen molar-refractivity contribution >= 4 is 11.8 Å². The maximum absolute atomic E-state index is 12.1. The molecule has 2 N–H and O–H groups in total. The molecule has 1 aromatic heterocycles. The van der Waals surface area contributed by atoms with Crippen molar-refractivity contribution in [2.24, 2.45) is 11.7 Å². The van der Waals surface area contributed by atoms with Crippen LogP contribution in [0.2, 0.25) is 0 Å². The van der Waals surface area contributed by atoms with Crippen molar-refractivity contribution in [2.75, 3.05) is 6.54 Å². The van der Waals surface area contributed by atoms with Crippen molar-refractivity contribution in [3.63, 3.8) is 0 Å². The van der Waals surface area contributed by atoms with E-state index in [1.807, 2.05) is 13.8 Å². The molecular weight excluding hydrogens is 218 g/mol. The highest BCUT2D eigenvalue weighted by atomic mass is 16.2. The van der Waals surface area contributed by atoms with Gasteiger partial charge in [0.15, 0.2) is 0 Å². The van der Waals surface area contributed by atoms with Crippen molar-refractivity contribution in [3.05, 3.63) is 29.6 Å². The molecule has 17 heavy (non-hydrogen) atoms. The van der Waals surface area contributed by atoms with E-state index in [4.69, 9.17) is 5.73 Å². The van der Waals surface area contributed by atoms with Crippen LogP contribution in [0.3, 0.4) is 0 Å². The Hall–Kier alpha value is -1.75. The highest BCUT2D eigenvalue weighted by Gasteiger charge is 2.41. The molecule has 1 unspecified atom stereocenters. The van der Waals surface area contributed by atoms with Crippen molar-refractivity contribution in [1.29, 1.82) is 0 Å². The molecule has 1 aromatic rings. The van der Waals surface area contributed by atoms with Gasteiger partial charge in [-0.05, 0) is 18.1 Å². The van der Waals surface area contributed by atoms with Crippen LogP contribution >= 0.6 is 0 Å². The molecule has 0 radical (unpaired) electrons. The van der Waals surface area contributed by atoms with Gasteiger partial charge in [0.1, 0.15) is 5.69 Å². The van der Waals surface area contributed by atoms with Gasteiger partial charge in [-0.15, -0.1) is 0 Å². The van der Waals surface area contributed by atoms with E-state index >= 15 is 0 Å². The van der Waals surface area contributed by atoms with E-state index < -0.39 is 0 Å². The minimum absolute atomic E-state index is 0.127. The van der Waals surface area contributed by atoms with Crippen LogP contribution in [0.15, 0.2) is 18.3 Å². The molecular formula is C12H15N3O2. The zero-order valence-electron chi connectivity index (χ0n) is 9.88. The Morgan fingerprint density at radius 3 is 2.59 bits per heavy atom. The number of nitrogens with zero attached hydrogens (tertiary/aromatic N) is 2. The number of imide groups is 1. The summed E-state index contributed by atoms with van der Waals surface area (Å²) in [7, 11) is 0. The van der Waals surface area contributed by atoms with Crippen LogP contribution in [0, 0.1) is 5.92 Å². The summed E-state index contributed by atoms with van der Waals surface area (Å²) in [4.78, 5) is 29.4. The van der Waals surface area contributed by atoms with Crippen LogP contribution in [-0.4, -0.2) is 34.3 Å². The fourth-order valence-electron chi connectivity index (χ4n) is 2.06. The number of carbonyl (C=O) groups excluding carboxylic acids is 2. The van der Waals surface area contributed by atoms with Crippen LogP contribution in [-0.2, 0) is 0 Å². The molecule has 0 bridgehead atoms. The third-order valence-corrected chi connectivity index (χ3v) is 3.02. The van der Waals surface area contributed by atoms with Crippen molar-refractivity contribution in [1.82, 2.24) is 9.88 Å². The van der Waals surface area contributed by atoms with Crippen molar-refractivity contribution in [3.8, 4) is 0 Å². The standard InChI is InChI=1S/C12H15N3O2/c1-7(2)9(6-13)15-11(16)8-4-3-5-14-10(8)12(15)17/h3-5,7,9H,6,13H2,1-2H3. The van der Waals surface area contributed by atoms with Gasteiger partial charge in [-0.25, -0.2) is 0 Å². The number of hydrogen-bond acceptors (Lipinski definition) is 4. The van der Waals surface area contributed by atoms with E-state index in [0.717, 1.165) is 0 Å². The van der Waals surface area contributed by atoms with Gasteiger partial charge in [0, 0.05) is 12.7 Å². The Balaban J connectivity index is 2.42. The first-order valence-electron chi connectivity index (χ1n) is 5.61. The third kappa shape index (κ3) is 1.72. The van der Waals surface area contributed by atoms with Crippen molar-refractivity contribution < 1.29 is 9.59 Å². The van der Waals surface area contributed by atoms with Crippen LogP contribution in [0.1, 0.15) is 34.7 Å². The monoisotopic (exact) mass is 233 g/mol. The molecule has 0 fully saturated rings.